The van der Waals surface area contributed by atoms with Crippen LogP contribution in [0.25, 0.3) is 0 Å². The van der Waals surface area contributed by atoms with Crippen LogP contribution in [0.2, 0.25) is 0 Å². The summed E-state index contributed by atoms with van der Waals surface area (Å²) in [5.74, 6) is -0.0995. The normalized spacial score (nSPS) is 9.24. The van der Waals surface area contributed by atoms with Gasteiger partial charge in [-0.2, -0.15) is 30.0 Å². The molecule has 0 spiro atoms. The molecule has 0 N–H and O–H groups in total. The van der Waals surface area contributed by atoms with Gasteiger partial charge in [-0.15, -0.1) is 0 Å². The number of carbonyl (C=O) groups excluding carboxylic acids is 6. The zero-order valence-electron chi connectivity index (χ0n) is 21.2. The lowest BCUT2D eigenvalue weighted by atomic mass is 9.86. The zero-order chi connectivity index (χ0) is 28.7. The van der Waals surface area contributed by atoms with E-state index in [4.69, 9.17) is 0 Å². The quantitative estimate of drug-likeness (QED) is 0.293. The Kier molecular flexibility index (Phi) is 12.7. The van der Waals surface area contributed by atoms with Gasteiger partial charge in [-0.25, -0.2) is 28.8 Å². The molecule has 0 bridgehead atoms. The summed E-state index contributed by atoms with van der Waals surface area (Å²) in [6.45, 7) is 9.52. The molecule has 0 heterocycles. The Labute approximate surface area is 217 Å². The third kappa shape index (κ3) is 7.87. The Morgan fingerprint density at radius 2 is 0.816 bits per heavy atom. The second kappa shape index (κ2) is 15.7. The SMILES string of the molecule is CCc1c(N=C=O)c(C(C)C)c(N=C=O)c(C(C)C)c1N=C=O.O=C=Nc1cc(N=C=O)cc(N=C=O)c1. The van der Waals surface area contributed by atoms with Gasteiger partial charge >= 0.3 is 0 Å². The van der Waals surface area contributed by atoms with E-state index in [0.29, 0.717) is 40.2 Å². The van der Waals surface area contributed by atoms with Crippen molar-refractivity contribution < 1.29 is 28.8 Å². The molecule has 2 aromatic rings. The average Bonchev–Trinajstić information content (AvgIpc) is 2.85. The van der Waals surface area contributed by atoms with E-state index >= 15 is 0 Å². The van der Waals surface area contributed by atoms with Gasteiger partial charge in [0.1, 0.15) is 0 Å². The van der Waals surface area contributed by atoms with Crippen LogP contribution < -0.4 is 0 Å². The van der Waals surface area contributed by atoms with E-state index < -0.39 is 0 Å². The maximum absolute atomic E-state index is 10.9. The number of rotatable bonds is 9. The van der Waals surface area contributed by atoms with Crippen LogP contribution in [0, 0.1) is 0 Å². The number of isocyanates is 6. The minimum atomic E-state index is -0.0498. The summed E-state index contributed by atoms with van der Waals surface area (Å²) in [5, 5.41) is 0. The smallest absolute Gasteiger partial charge is 0.211 e. The van der Waals surface area contributed by atoms with Crippen molar-refractivity contribution in [2.75, 3.05) is 0 Å². The van der Waals surface area contributed by atoms with Gasteiger partial charge in [0.25, 0.3) is 0 Å². The molecule has 0 radical (unpaired) electrons. The summed E-state index contributed by atoms with van der Waals surface area (Å²) in [4.78, 5) is 84.0. The van der Waals surface area contributed by atoms with E-state index in [2.05, 4.69) is 30.0 Å². The highest BCUT2D eigenvalue weighted by Gasteiger charge is 2.26. The second-order valence-electron chi connectivity index (χ2n) is 7.94. The molecular weight excluding hydrogens is 492 g/mol. The van der Waals surface area contributed by atoms with Crippen LogP contribution in [0.15, 0.2) is 48.2 Å². The van der Waals surface area contributed by atoms with E-state index in [1.807, 2.05) is 34.6 Å². The number of aliphatic imine (C=N–C) groups is 6. The molecule has 0 fully saturated rings. The van der Waals surface area contributed by atoms with Crippen LogP contribution in [0.1, 0.15) is 63.1 Å². The summed E-state index contributed by atoms with van der Waals surface area (Å²) in [7, 11) is 0. The molecule has 2 rings (SSSR count). The summed E-state index contributed by atoms with van der Waals surface area (Å²) >= 11 is 0. The van der Waals surface area contributed by atoms with Crippen molar-refractivity contribution in [3.63, 3.8) is 0 Å². The molecule has 0 saturated heterocycles. The molecule has 12 nitrogen and oxygen atoms in total. The van der Waals surface area contributed by atoms with E-state index in [9.17, 15) is 28.8 Å². The molecule has 0 aliphatic carbocycles. The van der Waals surface area contributed by atoms with Gasteiger partial charge in [0.05, 0.1) is 34.1 Å². The molecule has 0 amide bonds. The van der Waals surface area contributed by atoms with Crippen molar-refractivity contribution in [3.8, 4) is 0 Å². The Bertz CT molecular complexity index is 1350. The lowest BCUT2D eigenvalue weighted by Gasteiger charge is -2.22. The van der Waals surface area contributed by atoms with Gasteiger partial charge in [0, 0.05) is 16.7 Å². The maximum Gasteiger partial charge on any atom is 0.240 e. The van der Waals surface area contributed by atoms with Crippen LogP contribution in [-0.4, -0.2) is 36.5 Å². The van der Waals surface area contributed by atoms with Crippen LogP contribution in [0.4, 0.5) is 34.1 Å². The van der Waals surface area contributed by atoms with Crippen molar-refractivity contribution in [1.29, 1.82) is 0 Å². The highest BCUT2D eigenvalue weighted by molar-refractivity contribution is 5.83. The first kappa shape index (κ1) is 30.8. The van der Waals surface area contributed by atoms with Crippen molar-refractivity contribution in [2.24, 2.45) is 30.0 Å². The Hall–Kier alpha value is -5.28. The molecule has 0 unspecified atom stereocenters. The van der Waals surface area contributed by atoms with E-state index in [-0.39, 0.29) is 28.9 Å². The van der Waals surface area contributed by atoms with Gasteiger partial charge < -0.3 is 0 Å². The molecular formula is C26H22N6O6. The molecule has 38 heavy (non-hydrogen) atoms. The summed E-state index contributed by atoms with van der Waals surface area (Å²) < 4.78 is 0. The molecule has 2 aromatic carbocycles. The van der Waals surface area contributed by atoms with Gasteiger partial charge in [-0.1, -0.05) is 34.6 Å². The lowest BCUT2D eigenvalue weighted by molar-refractivity contribution is 0.564. The van der Waals surface area contributed by atoms with Crippen LogP contribution in [0.5, 0.6) is 0 Å². The van der Waals surface area contributed by atoms with Crippen LogP contribution in [-0.2, 0) is 35.2 Å². The van der Waals surface area contributed by atoms with Gasteiger partial charge in [-0.05, 0) is 36.5 Å². The Morgan fingerprint density at radius 1 is 0.526 bits per heavy atom. The van der Waals surface area contributed by atoms with Crippen molar-refractivity contribution in [2.45, 2.75) is 52.9 Å². The van der Waals surface area contributed by atoms with Crippen molar-refractivity contribution in [1.82, 2.24) is 0 Å². The number of nitrogens with zero attached hydrogens (tertiary/aromatic N) is 6. The molecule has 12 heteroatoms. The van der Waals surface area contributed by atoms with E-state index in [1.54, 1.807) is 6.08 Å². The molecule has 0 aliphatic rings. The average molecular weight is 514 g/mol. The largest absolute Gasteiger partial charge is 0.240 e. The van der Waals surface area contributed by atoms with Crippen molar-refractivity contribution >= 4 is 70.6 Å². The van der Waals surface area contributed by atoms with Crippen LogP contribution >= 0.6 is 0 Å². The molecule has 0 saturated carbocycles. The predicted octanol–water partition coefficient (Wildman–Crippen LogP) is 5.99. The maximum atomic E-state index is 10.9. The monoisotopic (exact) mass is 514 g/mol. The van der Waals surface area contributed by atoms with Gasteiger partial charge in [0.15, 0.2) is 0 Å². The van der Waals surface area contributed by atoms with E-state index in [1.165, 1.54) is 48.6 Å². The fourth-order valence-electron chi connectivity index (χ4n) is 3.68. The van der Waals surface area contributed by atoms with Crippen molar-refractivity contribution in [3.05, 3.63) is 34.9 Å². The number of hydrogen-bond donors (Lipinski definition) is 0. The second-order valence-corrected chi connectivity index (χ2v) is 7.94. The predicted molar refractivity (Wildman–Crippen MR) is 137 cm³/mol. The number of benzene rings is 2. The summed E-state index contributed by atoms with van der Waals surface area (Å²) in [6.07, 6.45) is 9.07. The molecule has 0 aromatic heterocycles. The minimum absolute atomic E-state index is 0.0498. The summed E-state index contributed by atoms with van der Waals surface area (Å²) in [6, 6.07) is 4.04. The van der Waals surface area contributed by atoms with E-state index in [0.717, 1.165) is 0 Å². The molecule has 0 atom stereocenters. The third-order valence-electron chi connectivity index (χ3n) is 4.98. The molecule has 192 valence electrons. The first-order chi connectivity index (χ1) is 18.2. The minimum Gasteiger partial charge on any atom is -0.211 e. The fraction of sp³-hybridized carbons (Fsp3) is 0.308. The first-order valence-corrected chi connectivity index (χ1v) is 11.1. The highest BCUT2D eigenvalue weighted by atomic mass is 16.1. The Balaban J connectivity index is 0.000000415. The van der Waals surface area contributed by atoms with Gasteiger partial charge in [0.2, 0.25) is 36.5 Å². The standard InChI is InChI=1S/C17H19N3O3.C9H3N3O3/c1-6-12-15(18-7-21)13(10(2)3)17(20-9-23)14(11(4)5)16(12)19-8-22;13-4-10-7-1-8(11-5-14)3-9(2-7)12-6-15/h10-11H,6H2,1-5H3;1-3H. The molecule has 0 aliphatic heterocycles. The highest BCUT2D eigenvalue weighted by Crippen LogP contribution is 2.49. The van der Waals surface area contributed by atoms with Gasteiger partial charge in [-0.3, -0.25) is 0 Å². The number of hydrogen-bond acceptors (Lipinski definition) is 12. The Morgan fingerprint density at radius 3 is 1.05 bits per heavy atom. The zero-order valence-corrected chi connectivity index (χ0v) is 21.2. The first-order valence-electron chi connectivity index (χ1n) is 11.1. The summed E-state index contributed by atoms with van der Waals surface area (Å²) in [5.41, 5.74) is 3.62. The fourth-order valence-corrected chi connectivity index (χ4v) is 3.68. The lowest BCUT2D eigenvalue weighted by Crippen LogP contribution is -2.01. The van der Waals surface area contributed by atoms with Crippen LogP contribution in [0.3, 0.4) is 0 Å². The third-order valence-corrected chi connectivity index (χ3v) is 4.98. The topological polar surface area (TPSA) is 177 Å².